The molecule has 1 saturated heterocycles. The first-order valence-corrected chi connectivity index (χ1v) is 14.6. The maximum absolute atomic E-state index is 14.1. The average Bonchev–Trinajstić information content (AvgIpc) is 3.27. The van der Waals surface area contributed by atoms with Crippen LogP contribution in [0.2, 0.25) is 5.02 Å². The van der Waals surface area contributed by atoms with Gasteiger partial charge < -0.3 is 10.1 Å². The van der Waals surface area contributed by atoms with E-state index in [0.29, 0.717) is 15.2 Å². The lowest BCUT2D eigenvalue weighted by atomic mass is 9.55. The number of hydrogen-bond acceptors (Lipinski definition) is 5. The molecule has 0 aromatic heterocycles. The highest BCUT2D eigenvalue weighted by atomic mass is 79.9. The molecule has 8 rings (SSSR count). The van der Waals surface area contributed by atoms with Crippen molar-refractivity contribution in [3.8, 4) is 0 Å². The van der Waals surface area contributed by atoms with E-state index >= 15 is 0 Å². The van der Waals surface area contributed by atoms with Gasteiger partial charge in [0.1, 0.15) is 0 Å². The van der Waals surface area contributed by atoms with E-state index in [1.165, 1.54) is 6.07 Å². The van der Waals surface area contributed by atoms with Crippen LogP contribution >= 0.6 is 27.5 Å². The van der Waals surface area contributed by atoms with Crippen LogP contribution in [0.15, 0.2) is 95.5 Å². The lowest BCUT2D eigenvalue weighted by molar-refractivity contribution is -0.122. The third-order valence-electron chi connectivity index (χ3n) is 8.35. The summed E-state index contributed by atoms with van der Waals surface area (Å²) in [5.41, 5.74) is 4.89. The van der Waals surface area contributed by atoms with Gasteiger partial charge in [-0.15, -0.1) is 0 Å². The Hall–Kier alpha value is -4.27. The molecule has 0 spiro atoms. The van der Waals surface area contributed by atoms with Gasteiger partial charge >= 0.3 is 5.97 Å². The van der Waals surface area contributed by atoms with Gasteiger partial charge in [0.15, 0.2) is 6.61 Å². The van der Waals surface area contributed by atoms with Crippen LogP contribution < -0.4 is 10.2 Å². The van der Waals surface area contributed by atoms with Gasteiger partial charge in [-0.3, -0.25) is 14.4 Å². The average molecular weight is 642 g/mol. The van der Waals surface area contributed by atoms with Gasteiger partial charge in [-0.2, -0.15) is 0 Å². The normalized spacial score (nSPS) is 21.4. The minimum absolute atomic E-state index is 0.0275. The molecule has 2 bridgehead atoms. The Morgan fingerprint density at radius 2 is 1.31 bits per heavy atom. The summed E-state index contributed by atoms with van der Waals surface area (Å²) in [5.74, 6) is -3.75. The van der Waals surface area contributed by atoms with E-state index < -0.39 is 30.3 Å². The van der Waals surface area contributed by atoms with E-state index in [9.17, 15) is 19.2 Å². The summed E-state index contributed by atoms with van der Waals surface area (Å²) >= 11 is 9.38. The first kappa shape index (κ1) is 26.6. The lowest BCUT2D eigenvalue weighted by Gasteiger charge is -2.45. The number of rotatable bonds is 5. The number of imide groups is 1. The molecule has 208 valence electrons. The summed E-state index contributed by atoms with van der Waals surface area (Å²) in [6.45, 7) is -0.567. The van der Waals surface area contributed by atoms with E-state index in [0.717, 1.165) is 27.2 Å². The summed E-state index contributed by atoms with van der Waals surface area (Å²) in [4.78, 5) is 55.1. The summed E-state index contributed by atoms with van der Waals surface area (Å²) < 4.78 is 6.00. The van der Waals surface area contributed by atoms with Gasteiger partial charge in [-0.1, -0.05) is 72.3 Å². The molecule has 7 nitrogen and oxygen atoms in total. The van der Waals surface area contributed by atoms with E-state index in [4.69, 9.17) is 16.3 Å². The SMILES string of the molecule is O=C(COC(=O)c1ccccc1N1C(=O)[C@@H]2C3c4ccccc4C(c4ccccc43)[C@@H]2C1=O)Nc1ccc(Br)c(Cl)c1. The molecule has 1 heterocycles. The van der Waals surface area contributed by atoms with E-state index in [2.05, 4.69) is 21.2 Å². The second-order valence-corrected chi connectivity index (χ2v) is 11.8. The van der Waals surface area contributed by atoms with Gasteiger partial charge in [0.2, 0.25) is 11.8 Å². The zero-order valence-electron chi connectivity index (χ0n) is 21.9. The molecule has 1 aliphatic heterocycles. The third-order valence-corrected chi connectivity index (χ3v) is 9.58. The molecule has 42 heavy (non-hydrogen) atoms. The highest BCUT2D eigenvalue weighted by Crippen LogP contribution is 2.61. The number of carbonyl (C=O) groups excluding carboxylic acids is 4. The van der Waals surface area contributed by atoms with Crippen LogP contribution in [0.25, 0.3) is 0 Å². The fourth-order valence-corrected chi connectivity index (χ4v) is 7.16. The molecule has 1 N–H and O–H groups in total. The number of benzene rings is 4. The van der Waals surface area contributed by atoms with Gasteiger partial charge in [-0.05, 0) is 68.5 Å². The first-order chi connectivity index (χ1) is 20.3. The molecule has 2 atom stereocenters. The predicted molar refractivity (Wildman–Crippen MR) is 161 cm³/mol. The Bertz CT molecular complexity index is 1710. The maximum atomic E-state index is 14.1. The number of anilines is 2. The molecule has 3 aliphatic carbocycles. The number of para-hydroxylation sites is 1. The van der Waals surface area contributed by atoms with Crippen LogP contribution in [0.3, 0.4) is 0 Å². The van der Waals surface area contributed by atoms with Crippen LogP contribution in [0, 0.1) is 11.8 Å². The van der Waals surface area contributed by atoms with Crippen LogP contribution in [0.5, 0.6) is 0 Å². The molecule has 9 heteroatoms. The van der Waals surface area contributed by atoms with Crippen molar-refractivity contribution in [1.82, 2.24) is 0 Å². The molecule has 0 saturated carbocycles. The van der Waals surface area contributed by atoms with Crippen LogP contribution in [0.4, 0.5) is 11.4 Å². The quantitative estimate of drug-likeness (QED) is 0.204. The molecular formula is C33H22BrClN2O5. The van der Waals surface area contributed by atoms with Crippen molar-refractivity contribution >= 4 is 62.6 Å². The molecule has 0 unspecified atom stereocenters. The zero-order valence-corrected chi connectivity index (χ0v) is 24.3. The Morgan fingerprint density at radius 3 is 1.86 bits per heavy atom. The van der Waals surface area contributed by atoms with Crippen LogP contribution in [-0.4, -0.2) is 30.3 Å². The number of ether oxygens (including phenoxy) is 1. The summed E-state index contributed by atoms with van der Waals surface area (Å²) in [5, 5.41) is 3.04. The largest absolute Gasteiger partial charge is 0.452 e. The fraction of sp³-hybridized carbons (Fsp3) is 0.152. The monoisotopic (exact) mass is 640 g/mol. The Morgan fingerprint density at radius 1 is 0.786 bits per heavy atom. The van der Waals surface area contributed by atoms with E-state index in [1.807, 2.05) is 48.5 Å². The van der Waals surface area contributed by atoms with Crippen molar-refractivity contribution in [2.24, 2.45) is 11.8 Å². The van der Waals surface area contributed by atoms with Crippen LogP contribution in [-0.2, 0) is 19.1 Å². The summed E-state index contributed by atoms with van der Waals surface area (Å²) in [6.07, 6.45) is 0. The fourth-order valence-electron chi connectivity index (χ4n) is 6.74. The zero-order chi connectivity index (χ0) is 29.1. The summed E-state index contributed by atoms with van der Waals surface area (Å²) in [6, 6.07) is 27.2. The Labute approximate surface area is 254 Å². The number of nitrogens with one attached hydrogen (secondary N) is 1. The number of nitrogens with zero attached hydrogens (tertiary/aromatic N) is 1. The molecule has 4 aromatic carbocycles. The van der Waals surface area contributed by atoms with Gasteiger partial charge in [-0.25, -0.2) is 9.69 Å². The second kappa shape index (κ2) is 10.2. The smallest absolute Gasteiger partial charge is 0.340 e. The van der Waals surface area contributed by atoms with Gasteiger partial charge in [0.05, 0.1) is 28.1 Å². The molecule has 1 fully saturated rings. The number of halogens is 2. The van der Waals surface area contributed by atoms with Crippen LogP contribution in [0.1, 0.15) is 44.4 Å². The topological polar surface area (TPSA) is 92.8 Å². The van der Waals surface area contributed by atoms with Crippen molar-refractivity contribution in [1.29, 1.82) is 0 Å². The molecule has 4 aromatic rings. The molecular weight excluding hydrogens is 620 g/mol. The van der Waals surface area contributed by atoms with E-state index in [-0.39, 0.29) is 34.9 Å². The number of esters is 1. The third kappa shape index (κ3) is 4.08. The van der Waals surface area contributed by atoms with E-state index in [1.54, 1.807) is 36.4 Å². The molecule has 3 amide bonds. The molecule has 4 aliphatic rings. The summed E-state index contributed by atoms with van der Waals surface area (Å²) in [7, 11) is 0. The van der Waals surface area contributed by atoms with Crippen molar-refractivity contribution in [3.05, 3.63) is 128 Å². The predicted octanol–water partition coefficient (Wildman–Crippen LogP) is 6.29. The number of carbonyl (C=O) groups is 4. The molecule has 0 radical (unpaired) electrons. The highest BCUT2D eigenvalue weighted by Gasteiger charge is 2.62. The minimum Gasteiger partial charge on any atom is -0.452 e. The van der Waals surface area contributed by atoms with Crippen molar-refractivity contribution < 1.29 is 23.9 Å². The van der Waals surface area contributed by atoms with Crippen molar-refractivity contribution in [2.75, 3.05) is 16.8 Å². The van der Waals surface area contributed by atoms with Gasteiger partial charge in [0, 0.05) is 22.0 Å². The van der Waals surface area contributed by atoms with Crippen molar-refractivity contribution in [2.45, 2.75) is 11.8 Å². The second-order valence-electron chi connectivity index (χ2n) is 10.5. The Balaban J connectivity index is 1.17. The standard InChI is InChI=1S/C33H22BrClN2O5/c34-23-14-13-17(15-24(23)35)36-26(38)16-42-33(41)22-11-5-6-12-25(22)37-31(39)29-27-18-7-1-2-8-19(18)28(30(29)32(37)40)21-10-4-3-9-20(21)27/h1-15,27-30H,16H2,(H,36,38)/t27?,28?,29-,30+. The highest BCUT2D eigenvalue weighted by molar-refractivity contribution is 9.10. The van der Waals surface area contributed by atoms with Crippen molar-refractivity contribution in [3.63, 3.8) is 0 Å². The van der Waals surface area contributed by atoms with Gasteiger partial charge in [0.25, 0.3) is 5.91 Å². The number of amides is 3. The minimum atomic E-state index is -0.820. The number of hydrogen-bond donors (Lipinski definition) is 1. The maximum Gasteiger partial charge on any atom is 0.340 e. The Kier molecular flexibility index (Phi) is 6.48. The lowest BCUT2D eigenvalue weighted by Crippen LogP contribution is -2.41. The first-order valence-electron chi connectivity index (χ1n) is 13.4.